The summed E-state index contributed by atoms with van der Waals surface area (Å²) in [6.45, 7) is 1.20. The maximum absolute atomic E-state index is 5.91. The molecular formula is C18H26N2S. The number of likely N-dealkylation sites (tertiary alicyclic amines) is 1. The van der Waals surface area contributed by atoms with Gasteiger partial charge in [0, 0.05) is 18.5 Å². The molecule has 2 fully saturated rings. The number of nitrogens with zero attached hydrogens (tertiary/aromatic N) is 1. The van der Waals surface area contributed by atoms with E-state index in [-0.39, 0.29) is 0 Å². The normalized spacial score (nSPS) is 27.8. The predicted molar refractivity (Wildman–Crippen MR) is 92.3 cm³/mol. The van der Waals surface area contributed by atoms with Crippen LogP contribution in [-0.4, -0.2) is 22.5 Å². The Hall–Kier alpha value is -0.930. The molecule has 3 heteroatoms. The summed E-state index contributed by atoms with van der Waals surface area (Å²) in [6.07, 6.45) is 9.10. The van der Waals surface area contributed by atoms with Crippen LogP contribution in [0.25, 0.3) is 0 Å². The summed E-state index contributed by atoms with van der Waals surface area (Å²) < 4.78 is 0. The first-order valence-electron chi connectivity index (χ1n) is 8.34. The van der Waals surface area contributed by atoms with Crippen LogP contribution in [-0.2, 0) is 0 Å². The van der Waals surface area contributed by atoms with E-state index in [0.717, 1.165) is 18.4 Å². The molecule has 0 amide bonds. The van der Waals surface area contributed by atoms with E-state index in [0.29, 0.717) is 11.0 Å². The fourth-order valence-corrected chi connectivity index (χ4v) is 4.50. The van der Waals surface area contributed by atoms with Gasteiger partial charge in [-0.1, -0.05) is 55.4 Å². The maximum atomic E-state index is 5.91. The van der Waals surface area contributed by atoms with Crippen molar-refractivity contribution in [3.63, 3.8) is 0 Å². The topological polar surface area (TPSA) is 29.3 Å². The fraction of sp³-hybridized carbons (Fsp3) is 0.611. The molecule has 2 nitrogen and oxygen atoms in total. The molecule has 1 saturated heterocycles. The molecule has 2 N–H and O–H groups in total. The van der Waals surface area contributed by atoms with E-state index < -0.39 is 0 Å². The van der Waals surface area contributed by atoms with Crippen LogP contribution < -0.4 is 5.73 Å². The van der Waals surface area contributed by atoms with Gasteiger partial charge in [0.2, 0.25) is 0 Å². The average molecular weight is 302 g/mol. The zero-order valence-electron chi connectivity index (χ0n) is 12.7. The Morgan fingerprint density at radius 2 is 1.86 bits per heavy atom. The number of piperidine rings is 1. The number of hydrogen-bond acceptors (Lipinski definition) is 2. The van der Waals surface area contributed by atoms with Gasteiger partial charge in [-0.2, -0.15) is 0 Å². The van der Waals surface area contributed by atoms with Crippen LogP contribution in [0.4, 0.5) is 0 Å². The van der Waals surface area contributed by atoms with Crippen molar-refractivity contribution in [2.45, 2.75) is 57.0 Å². The van der Waals surface area contributed by atoms with Crippen molar-refractivity contribution in [3.8, 4) is 0 Å². The molecule has 1 heterocycles. The second-order valence-electron chi connectivity index (χ2n) is 6.59. The number of thiocarbonyl (C=S) groups is 1. The van der Waals surface area contributed by atoms with Gasteiger partial charge in [0.1, 0.15) is 0 Å². The quantitative estimate of drug-likeness (QED) is 0.851. The molecular weight excluding hydrogens is 276 g/mol. The Labute approximate surface area is 133 Å². The van der Waals surface area contributed by atoms with Gasteiger partial charge < -0.3 is 5.73 Å². The summed E-state index contributed by atoms with van der Waals surface area (Å²) in [4.78, 5) is 3.36. The van der Waals surface area contributed by atoms with Crippen molar-refractivity contribution < 1.29 is 0 Å². The minimum absolute atomic E-state index is 0.370. The first-order valence-corrected chi connectivity index (χ1v) is 8.75. The van der Waals surface area contributed by atoms with Crippen LogP contribution in [0, 0.1) is 5.92 Å². The Kier molecular flexibility index (Phi) is 4.91. The Balaban J connectivity index is 1.86. The molecule has 1 aromatic carbocycles. The van der Waals surface area contributed by atoms with Crippen molar-refractivity contribution in [2.24, 2.45) is 11.7 Å². The van der Waals surface area contributed by atoms with Crippen molar-refractivity contribution in [1.82, 2.24) is 4.90 Å². The molecule has 0 spiro atoms. The molecule has 1 saturated carbocycles. The van der Waals surface area contributed by atoms with Crippen LogP contribution in [0.15, 0.2) is 30.3 Å². The maximum Gasteiger partial charge on any atom is 0.0746 e. The number of rotatable bonds is 4. The Morgan fingerprint density at radius 3 is 2.62 bits per heavy atom. The summed E-state index contributed by atoms with van der Waals surface area (Å²) in [7, 11) is 0. The van der Waals surface area contributed by atoms with Crippen molar-refractivity contribution in [3.05, 3.63) is 35.9 Å². The number of benzene rings is 1. The number of hydrogen-bond donors (Lipinski definition) is 1. The zero-order chi connectivity index (χ0) is 14.7. The molecule has 114 valence electrons. The van der Waals surface area contributed by atoms with Crippen LogP contribution in [0.3, 0.4) is 0 Å². The first-order chi connectivity index (χ1) is 10.3. The smallest absolute Gasteiger partial charge is 0.0746 e. The van der Waals surface area contributed by atoms with Gasteiger partial charge in [0.05, 0.1) is 4.99 Å². The summed E-state index contributed by atoms with van der Waals surface area (Å²) >= 11 is 5.24. The molecule has 0 bridgehead atoms. The molecule has 1 aromatic rings. The van der Waals surface area contributed by atoms with Gasteiger partial charge in [-0.3, -0.25) is 4.90 Å². The molecule has 3 atom stereocenters. The molecule has 1 aliphatic carbocycles. The highest BCUT2D eigenvalue weighted by atomic mass is 32.1. The van der Waals surface area contributed by atoms with E-state index in [2.05, 4.69) is 35.2 Å². The lowest BCUT2D eigenvalue weighted by atomic mass is 9.77. The largest absolute Gasteiger partial charge is 0.393 e. The predicted octanol–water partition coefficient (Wildman–Crippen LogP) is 4.06. The third kappa shape index (κ3) is 3.46. The molecule has 0 radical (unpaired) electrons. The summed E-state index contributed by atoms with van der Waals surface area (Å²) in [5.74, 6) is 0.894. The molecule has 3 rings (SSSR count). The molecule has 2 aliphatic rings. The van der Waals surface area contributed by atoms with Crippen molar-refractivity contribution >= 4 is 17.2 Å². The monoisotopic (exact) mass is 302 g/mol. The number of nitrogens with two attached hydrogens (primary N) is 1. The lowest BCUT2D eigenvalue weighted by Crippen LogP contribution is -2.49. The first kappa shape index (κ1) is 15.0. The van der Waals surface area contributed by atoms with Gasteiger partial charge in [0.15, 0.2) is 0 Å². The van der Waals surface area contributed by atoms with E-state index in [9.17, 15) is 0 Å². The van der Waals surface area contributed by atoms with Crippen LogP contribution in [0.1, 0.15) is 56.6 Å². The second-order valence-corrected chi connectivity index (χ2v) is 7.11. The highest BCUT2D eigenvalue weighted by Gasteiger charge is 2.37. The minimum atomic E-state index is 0.370. The van der Waals surface area contributed by atoms with Crippen LogP contribution in [0.5, 0.6) is 0 Å². The second kappa shape index (κ2) is 6.89. The van der Waals surface area contributed by atoms with E-state index in [1.165, 1.54) is 50.6 Å². The molecule has 1 aliphatic heterocycles. The summed E-state index contributed by atoms with van der Waals surface area (Å²) in [6, 6.07) is 11.9. The van der Waals surface area contributed by atoms with E-state index in [1.807, 2.05) is 0 Å². The molecule has 0 aromatic heterocycles. The van der Waals surface area contributed by atoms with E-state index in [1.54, 1.807) is 0 Å². The summed E-state index contributed by atoms with van der Waals surface area (Å²) in [5.41, 5.74) is 7.28. The van der Waals surface area contributed by atoms with Crippen molar-refractivity contribution in [1.29, 1.82) is 0 Å². The Morgan fingerprint density at radius 1 is 1.14 bits per heavy atom. The fourth-order valence-electron chi connectivity index (χ4n) is 4.34. The van der Waals surface area contributed by atoms with E-state index >= 15 is 0 Å². The average Bonchev–Trinajstić information content (AvgIpc) is 2.53. The molecule has 1 unspecified atom stereocenters. The number of fused-ring (bicyclic) bond motifs is 1. The van der Waals surface area contributed by atoms with Gasteiger partial charge in [0.25, 0.3) is 0 Å². The van der Waals surface area contributed by atoms with Crippen LogP contribution >= 0.6 is 12.2 Å². The third-order valence-corrected chi connectivity index (χ3v) is 5.43. The van der Waals surface area contributed by atoms with Crippen molar-refractivity contribution in [2.75, 3.05) is 6.54 Å². The van der Waals surface area contributed by atoms with Gasteiger partial charge in [-0.05, 0) is 43.7 Å². The van der Waals surface area contributed by atoms with Gasteiger partial charge >= 0.3 is 0 Å². The van der Waals surface area contributed by atoms with Crippen LogP contribution in [0.2, 0.25) is 0 Å². The zero-order valence-corrected chi connectivity index (χ0v) is 13.5. The van der Waals surface area contributed by atoms with E-state index in [4.69, 9.17) is 18.0 Å². The standard InChI is InChI=1S/C18H26N2S/c19-18(21)13-17(15-7-2-1-3-8-15)20-12-6-10-14-9-4-5-11-16(14)20/h1-3,7-8,14,16-17H,4-6,9-13H2,(H2,19,21)/t14-,16-,17?/m1/s1. The summed E-state index contributed by atoms with van der Waals surface area (Å²) in [5, 5.41) is 0. The highest BCUT2D eigenvalue weighted by molar-refractivity contribution is 7.80. The SMILES string of the molecule is NC(=S)CC(c1ccccc1)N1CCC[C@H]2CCCC[C@H]21. The van der Waals surface area contributed by atoms with Gasteiger partial charge in [-0.25, -0.2) is 0 Å². The third-order valence-electron chi connectivity index (χ3n) is 5.27. The van der Waals surface area contributed by atoms with Gasteiger partial charge in [-0.15, -0.1) is 0 Å². The highest BCUT2D eigenvalue weighted by Crippen LogP contribution is 2.40. The Bertz CT molecular complexity index is 471. The lowest BCUT2D eigenvalue weighted by Gasteiger charge is -2.48. The minimum Gasteiger partial charge on any atom is -0.393 e. The lowest BCUT2D eigenvalue weighted by molar-refractivity contribution is 0.0271. The molecule has 21 heavy (non-hydrogen) atoms.